The highest BCUT2D eigenvalue weighted by Gasteiger charge is 2.31. The molecule has 8 heterocycles. The lowest BCUT2D eigenvalue weighted by atomic mass is 9.98. The van der Waals surface area contributed by atoms with Crippen LogP contribution in [-0.4, -0.2) is 88.5 Å². The van der Waals surface area contributed by atoms with E-state index in [1.807, 2.05) is 39.5 Å². The fraction of sp³-hybridized carbons (Fsp3) is 0.138. The molecule has 2 aliphatic heterocycles. The number of hydrogen-bond acceptors (Lipinski definition) is 10. The number of hydrogen-bond donors (Lipinski definition) is 2. The van der Waals surface area contributed by atoms with E-state index in [0.29, 0.717) is 86.1 Å². The molecule has 14 rings (SSSR count). The molecule has 0 fully saturated rings. The summed E-state index contributed by atoms with van der Waals surface area (Å²) in [5.41, 5.74) is 10.6. The van der Waals surface area contributed by atoms with Gasteiger partial charge in [-0.2, -0.15) is 0 Å². The number of fused-ring (bicyclic) bond motifs is 12. The lowest BCUT2D eigenvalue weighted by Gasteiger charge is -2.23. The Labute approximate surface area is 495 Å². The predicted octanol–water partition coefficient (Wildman–Crippen LogP) is 12.6. The second kappa shape index (κ2) is 20.9. The van der Waals surface area contributed by atoms with Crippen LogP contribution in [0.2, 0.25) is 0 Å². The molecule has 2 aliphatic rings. The van der Waals surface area contributed by atoms with Crippen LogP contribution in [0.3, 0.4) is 0 Å². The van der Waals surface area contributed by atoms with E-state index in [1.165, 1.54) is 88.9 Å². The molecular formula is C65H50F4N8O8S2. The average molecular weight is 1210 g/mol. The number of furan rings is 2. The Morgan fingerprint density at radius 2 is 0.954 bits per heavy atom. The third-order valence-electron chi connectivity index (χ3n) is 16.1. The molecule has 0 saturated carbocycles. The Morgan fingerprint density at radius 1 is 0.529 bits per heavy atom. The molecule has 87 heavy (non-hydrogen) atoms. The van der Waals surface area contributed by atoms with Crippen LogP contribution >= 0.6 is 0 Å². The first-order valence-electron chi connectivity index (χ1n) is 27.2. The van der Waals surface area contributed by atoms with E-state index in [1.54, 1.807) is 54.6 Å². The first-order valence-corrected chi connectivity index (χ1v) is 30.9. The zero-order chi connectivity index (χ0) is 61.1. The summed E-state index contributed by atoms with van der Waals surface area (Å²) in [4.78, 5) is 36.4. The quantitative estimate of drug-likeness (QED) is 0.124. The molecule has 0 saturated heterocycles. The lowest BCUT2D eigenvalue weighted by Crippen LogP contribution is -2.25. The summed E-state index contributed by atoms with van der Waals surface area (Å²) >= 11 is 0. The molecule has 0 unspecified atom stereocenters. The number of pyridine rings is 2. The predicted molar refractivity (Wildman–Crippen MR) is 328 cm³/mol. The molecule has 12 aromatic rings. The number of sulfonamides is 2. The molecule has 16 nitrogen and oxygen atoms in total. The summed E-state index contributed by atoms with van der Waals surface area (Å²) in [7, 11) is -1.60. The zero-order valence-electron chi connectivity index (χ0n) is 47.3. The van der Waals surface area contributed by atoms with Crippen LogP contribution in [-0.2, 0) is 39.6 Å². The molecule has 0 aliphatic carbocycles. The number of nitrogens with zero attached hydrogens (tertiary/aromatic N) is 6. The number of carbonyl (C=O) groups is 2. The van der Waals surface area contributed by atoms with E-state index in [-0.39, 0.29) is 56.8 Å². The second-order valence-electron chi connectivity index (χ2n) is 21.3. The number of aryl methyl sites for hydroxylation is 2. The highest BCUT2D eigenvalue weighted by molar-refractivity contribution is 7.92. The molecule has 0 atom stereocenters. The Balaban J connectivity index is 0.000000161. The fourth-order valence-corrected chi connectivity index (χ4v) is 12.6. The van der Waals surface area contributed by atoms with Gasteiger partial charge in [-0.3, -0.25) is 18.2 Å². The molecule has 2 amide bonds. The number of amides is 2. The first kappa shape index (κ1) is 56.1. The van der Waals surface area contributed by atoms with Crippen molar-refractivity contribution in [3.63, 3.8) is 0 Å². The van der Waals surface area contributed by atoms with Crippen molar-refractivity contribution < 1.29 is 52.8 Å². The minimum atomic E-state index is -3.73. The van der Waals surface area contributed by atoms with Gasteiger partial charge in [0.15, 0.2) is 0 Å². The molecule has 438 valence electrons. The van der Waals surface area contributed by atoms with E-state index in [2.05, 4.69) is 10.6 Å². The number of rotatable bonds is 10. The number of anilines is 2. The SMILES string of the molecule is CNC(=O)c1c(-c2ccc(F)cc2)oc2cc(N(C)S(C)(=O)=O)c(-c3ccc4c(n3)-c3cc5c(F)cccc5n3C4)cc12.CNC(=O)c1c(-c2ccc(F)cc2)oc2cc(N(C)S(C)(=O)=O)c(-c3ccc4c(n3)-c3cc5c(F)cccc5n3CC4)cc12. The summed E-state index contributed by atoms with van der Waals surface area (Å²) < 4.78 is 126. The van der Waals surface area contributed by atoms with Gasteiger partial charge in [-0.05, 0) is 127 Å². The fourth-order valence-electron chi connectivity index (χ4n) is 11.6. The van der Waals surface area contributed by atoms with Gasteiger partial charge in [0.1, 0.15) is 46.0 Å². The van der Waals surface area contributed by atoms with Gasteiger partial charge in [-0.15, -0.1) is 0 Å². The van der Waals surface area contributed by atoms with Gasteiger partial charge in [-0.1, -0.05) is 24.3 Å². The maximum atomic E-state index is 14.7. The maximum Gasteiger partial charge on any atom is 0.255 e. The van der Waals surface area contributed by atoms with Crippen molar-refractivity contribution in [1.82, 2.24) is 29.7 Å². The summed E-state index contributed by atoms with van der Waals surface area (Å²) in [5.74, 6) is -1.94. The number of halogens is 4. The highest BCUT2D eigenvalue weighted by atomic mass is 32.2. The Hall–Kier alpha value is -10.1. The van der Waals surface area contributed by atoms with Crippen LogP contribution in [0.5, 0.6) is 0 Å². The van der Waals surface area contributed by atoms with Crippen LogP contribution in [0, 0.1) is 23.3 Å². The standard InChI is InChI=1S/C33H26F2N4O4S.C32H24F2N4O4S/c1-36-33(40)30-23-15-22(27(38(2)44(3,41)42)17-29(23)43-32(30)19-7-10-20(34)11-8-19)25-12-9-18-13-14-39-26-6-4-5-24(35)21(26)16-28(39)31(18)37-25;1-35-32(39)29-22-13-21(24-12-9-18-16-38-25-6-4-5-23(34)20(25)14-27(38)30(18)36-24)26(37(2)43(3,40)41)15-28(22)42-31(29)17-7-10-19(33)11-8-17/h4-12,15-17H,13-14H2,1-3H3,(H,36,40);4-15H,16H2,1-3H3,(H,35,39). The summed E-state index contributed by atoms with van der Waals surface area (Å²) in [6.45, 7) is 1.19. The van der Waals surface area contributed by atoms with E-state index in [9.17, 15) is 44.0 Å². The molecular weight excluding hydrogens is 1160 g/mol. The van der Waals surface area contributed by atoms with E-state index in [0.717, 1.165) is 54.7 Å². The molecule has 0 radical (unpaired) electrons. The number of benzene rings is 6. The Kier molecular flexibility index (Phi) is 13.5. The normalized spacial score (nSPS) is 12.6. The van der Waals surface area contributed by atoms with E-state index < -0.39 is 43.5 Å². The summed E-state index contributed by atoms with van der Waals surface area (Å²) in [6.07, 6.45) is 2.87. The minimum Gasteiger partial charge on any atom is -0.455 e. The Morgan fingerprint density at radius 3 is 1.40 bits per heavy atom. The van der Waals surface area contributed by atoms with Crippen LogP contribution in [0.1, 0.15) is 31.8 Å². The van der Waals surface area contributed by atoms with Crippen molar-refractivity contribution in [2.45, 2.75) is 19.5 Å². The minimum absolute atomic E-state index is 0.216. The first-order chi connectivity index (χ1) is 41.6. The van der Waals surface area contributed by atoms with Crippen LogP contribution in [0.15, 0.2) is 154 Å². The molecule has 2 N–H and O–H groups in total. The molecule has 6 aromatic carbocycles. The number of aromatic nitrogens is 4. The van der Waals surface area contributed by atoms with Crippen molar-refractivity contribution in [2.24, 2.45) is 0 Å². The third kappa shape index (κ3) is 9.51. The van der Waals surface area contributed by atoms with Crippen molar-refractivity contribution in [3.8, 4) is 67.9 Å². The summed E-state index contributed by atoms with van der Waals surface area (Å²) in [6, 6.07) is 38.6. The van der Waals surface area contributed by atoms with Gasteiger partial charge in [0.05, 0.1) is 86.8 Å². The second-order valence-corrected chi connectivity index (χ2v) is 25.3. The largest absolute Gasteiger partial charge is 0.455 e. The van der Waals surface area contributed by atoms with Gasteiger partial charge < -0.3 is 28.6 Å². The third-order valence-corrected chi connectivity index (χ3v) is 18.5. The average Bonchev–Trinajstić information content (AvgIpc) is 1.81. The zero-order valence-corrected chi connectivity index (χ0v) is 48.9. The topological polar surface area (TPSA) is 195 Å². The van der Waals surface area contributed by atoms with E-state index >= 15 is 0 Å². The number of carbonyl (C=O) groups excluding carboxylic acids is 2. The van der Waals surface area contributed by atoms with Crippen LogP contribution in [0.4, 0.5) is 28.9 Å². The molecule has 6 aromatic heterocycles. The van der Waals surface area contributed by atoms with Gasteiger partial charge in [0.25, 0.3) is 11.8 Å². The molecule has 22 heteroatoms. The molecule has 0 spiro atoms. The maximum absolute atomic E-state index is 14.7. The van der Waals surface area contributed by atoms with Gasteiger partial charge in [0.2, 0.25) is 20.0 Å². The van der Waals surface area contributed by atoms with Crippen molar-refractivity contribution in [1.29, 1.82) is 0 Å². The van der Waals surface area contributed by atoms with Gasteiger partial charge in [0, 0.05) is 90.7 Å². The van der Waals surface area contributed by atoms with Crippen molar-refractivity contribution >= 4 is 87.0 Å². The Bertz CT molecular complexity index is 5130. The smallest absolute Gasteiger partial charge is 0.255 e. The lowest BCUT2D eigenvalue weighted by molar-refractivity contribution is 0.0956. The van der Waals surface area contributed by atoms with E-state index in [4.69, 9.17) is 18.8 Å². The van der Waals surface area contributed by atoms with Crippen LogP contribution < -0.4 is 19.2 Å². The number of nitrogens with one attached hydrogen (secondary N) is 2. The van der Waals surface area contributed by atoms with Gasteiger partial charge >= 0.3 is 0 Å². The van der Waals surface area contributed by atoms with Crippen molar-refractivity contribution in [2.75, 3.05) is 49.3 Å². The monoisotopic (exact) mass is 1210 g/mol. The molecule has 0 bridgehead atoms. The highest BCUT2D eigenvalue weighted by Crippen LogP contribution is 2.46. The summed E-state index contributed by atoms with van der Waals surface area (Å²) in [5, 5.41) is 7.14. The van der Waals surface area contributed by atoms with Crippen molar-refractivity contribution in [3.05, 3.63) is 191 Å². The van der Waals surface area contributed by atoms with Gasteiger partial charge in [-0.25, -0.2) is 44.4 Å². The van der Waals surface area contributed by atoms with Crippen LogP contribution in [0.25, 0.3) is 112 Å².